The average Bonchev–Trinajstić information content (AvgIpc) is 4.09. The first-order chi connectivity index (χ1) is 34.2. The molecule has 6 nitrogen and oxygen atoms in total. The van der Waals surface area contributed by atoms with Crippen molar-refractivity contribution >= 4 is 65.6 Å². The molecule has 4 heterocycles. The molecule has 14 aromatic rings. The normalized spacial score (nSPS) is 11.8. The fourth-order valence-electron chi connectivity index (χ4n) is 10.5. The zero-order chi connectivity index (χ0) is 45.4. The van der Waals surface area contributed by atoms with Crippen LogP contribution in [0.15, 0.2) is 241 Å². The third-order valence-corrected chi connectivity index (χ3v) is 13.6. The molecule has 0 radical (unpaired) electrons. The number of nitrogens with zero attached hydrogens (tertiary/aromatic N) is 5. The third kappa shape index (κ3) is 6.23. The maximum Gasteiger partial charge on any atom is 0.166 e. The fourth-order valence-corrected chi connectivity index (χ4v) is 10.5. The lowest BCUT2D eigenvalue weighted by Gasteiger charge is -2.19. The monoisotopic (exact) mass is 881 g/mol. The molecule has 0 amide bonds. The van der Waals surface area contributed by atoms with Crippen LogP contribution in [0.5, 0.6) is 0 Å². The summed E-state index contributed by atoms with van der Waals surface area (Å²) in [5, 5.41) is 6.77. The van der Waals surface area contributed by atoms with Crippen molar-refractivity contribution in [2.75, 3.05) is 0 Å². The van der Waals surface area contributed by atoms with Gasteiger partial charge >= 0.3 is 0 Å². The summed E-state index contributed by atoms with van der Waals surface area (Å²) < 4.78 is 11.8. The molecule has 0 bridgehead atoms. The van der Waals surface area contributed by atoms with Crippen LogP contribution in [0.1, 0.15) is 0 Å². The SMILES string of the molecule is c1ccc(-c2ccc3c(c2)c2ccccc2n3-c2cccc(-c3cc(-n4c5ccccc5c5ccccc54)cc4c3oc3ccccc34)c2-c2nc(-c3ccccc3)nc(-c3ccccc3)n2)cc1. The van der Waals surface area contributed by atoms with Crippen LogP contribution >= 0.6 is 0 Å². The van der Waals surface area contributed by atoms with Crippen LogP contribution in [0.25, 0.3) is 133 Å². The Morgan fingerprint density at radius 3 is 1.45 bits per heavy atom. The highest BCUT2D eigenvalue weighted by atomic mass is 16.3. The van der Waals surface area contributed by atoms with Gasteiger partial charge in [-0.15, -0.1) is 0 Å². The van der Waals surface area contributed by atoms with Crippen molar-refractivity contribution in [3.63, 3.8) is 0 Å². The average molecular weight is 882 g/mol. The van der Waals surface area contributed by atoms with Gasteiger partial charge in [-0.1, -0.05) is 182 Å². The van der Waals surface area contributed by atoms with Crippen molar-refractivity contribution in [3.8, 4) is 67.8 Å². The quantitative estimate of drug-likeness (QED) is 0.160. The number of fused-ring (bicyclic) bond motifs is 9. The predicted octanol–water partition coefficient (Wildman–Crippen LogP) is 16.3. The lowest BCUT2D eigenvalue weighted by Crippen LogP contribution is -2.05. The van der Waals surface area contributed by atoms with Gasteiger partial charge in [0, 0.05) is 54.7 Å². The minimum absolute atomic E-state index is 0.548. The Labute approximate surface area is 396 Å². The highest BCUT2D eigenvalue weighted by molar-refractivity contribution is 6.15. The Hall–Kier alpha value is -9.39. The molecule has 4 aromatic heterocycles. The molecule has 0 aliphatic heterocycles. The van der Waals surface area contributed by atoms with Gasteiger partial charge in [-0.3, -0.25) is 0 Å². The zero-order valence-electron chi connectivity index (χ0n) is 37.2. The van der Waals surface area contributed by atoms with E-state index in [0.717, 1.165) is 99.5 Å². The highest BCUT2D eigenvalue weighted by Crippen LogP contribution is 2.46. The van der Waals surface area contributed by atoms with Crippen molar-refractivity contribution in [1.29, 1.82) is 0 Å². The van der Waals surface area contributed by atoms with Crippen LogP contribution < -0.4 is 0 Å². The van der Waals surface area contributed by atoms with Crippen molar-refractivity contribution < 1.29 is 4.42 Å². The molecule has 0 atom stereocenters. The van der Waals surface area contributed by atoms with Gasteiger partial charge in [-0.2, -0.15) is 0 Å². The Bertz CT molecular complexity index is 4190. The zero-order valence-corrected chi connectivity index (χ0v) is 37.2. The number of hydrogen-bond donors (Lipinski definition) is 0. The summed E-state index contributed by atoms with van der Waals surface area (Å²) in [5.74, 6) is 1.72. The molecule has 0 unspecified atom stereocenters. The van der Waals surface area contributed by atoms with Gasteiger partial charge in [0.1, 0.15) is 11.2 Å². The van der Waals surface area contributed by atoms with Crippen LogP contribution in [0, 0.1) is 0 Å². The number of aromatic nitrogens is 5. The molecule has 0 spiro atoms. The van der Waals surface area contributed by atoms with E-state index in [4.69, 9.17) is 19.4 Å². The molecule has 10 aromatic carbocycles. The van der Waals surface area contributed by atoms with E-state index in [9.17, 15) is 0 Å². The summed E-state index contributed by atoms with van der Waals surface area (Å²) in [6.07, 6.45) is 0. The maximum absolute atomic E-state index is 7.02. The molecule has 0 aliphatic carbocycles. The summed E-state index contributed by atoms with van der Waals surface area (Å²) >= 11 is 0. The van der Waals surface area contributed by atoms with Crippen molar-refractivity contribution in [1.82, 2.24) is 24.1 Å². The summed E-state index contributed by atoms with van der Waals surface area (Å²) in [6.45, 7) is 0. The number of benzene rings is 10. The van der Waals surface area contributed by atoms with Crippen molar-refractivity contribution in [2.45, 2.75) is 0 Å². The van der Waals surface area contributed by atoms with Crippen LogP contribution in [0.3, 0.4) is 0 Å². The molecule has 0 saturated heterocycles. The smallest absolute Gasteiger partial charge is 0.166 e. The molecule has 322 valence electrons. The van der Waals surface area contributed by atoms with E-state index in [1.807, 2.05) is 42.5 Å². The van der Waals surface area contributed by atoms with Crippen molar-refractivity contribution in [2.24, 2.45) is 0 Å². The maximum atomic E-state index is 7.02. The third-order valence-electron chi connectivity index (χ3n) is 13.6. The van der Waals surface area contributed by atoms with Crippen LogP contribution in [-0.4, -0.2) is 24.1 Å². The predicted molar refractivity (Wildman–Crippen MR) is 283 cm³/mol. The number of furan rings is 1. The van der Waals surface area contributed by atoms with Crippen LogP contribution in [0.4, 0.5) is 0 Å². The first kappa shape index (κ1) is 38.8. The standard InChI is InChI=1S/C63H39N5O/c1-4-19-40(20-5-1)43-35-36-56-50(37-43)47-27-12-16-32-55(47)68(56)57-33-18-29-49(59(57)63-65-61(41-21-6-2-7-22-41)64-62(66-63)42-23-8-3-9-24-42)52-39-44(38-51-48-28-13-17-34-58(48)69-60(51)52)67-53-30-14-10-25-45(53)46-26-11-15-31-54(46)67/h1-39H. The van der Waals surface area contributed by atoms with Gasteiger partial charge in [-0.25, -0.2) is 15.0 Å². The van der Waals surface area contributed by atoms with Crippen LogP contribution in [0.2, 0.25) is 0 Å². The van der Waals surface area contributed by atoms with E-state index >= 15 is 0 Å². The van der Waals surface area contributed by atoms with E-state index < -0.39 is 0 Å². The van der Waals surface area contributed by atoms with E-state index in [2.05, 4.69) is 203 Å². The first-order valence-corrected chi connectivity index (χ1v) is 23.3. The molecule has 0 saturated carbocycles. The summed E-state index contributed by atoms with van der Waals surface area (Å²) in [6, 6.07) is 83.3. The Kier molecular flexibility index (Phi) is 8.79. The second kappa shape index (κ2) is 15.6. The lowest BCUT2D eigenvalue weighted by molar-refractivity contribution is 0.670. The second-order valence-electron chi connectivity index (χ2n) is 17.5. The molecular weight excluding hydrogens is 843 g/mol. The minimum Gasteiger partial charge on any atom is -0.455 e. The molecule has 0 fully saturated rings. The summed E-state index contributed by atoms with van der Waals surface area (Å²) in [7, 11) is 0. The summed E-state index contributed by atoms with van der Waals surface area (Å²) in [4.78, 5) is 16.1. The minimum atomic E-state index is 0.548. The second-order valence-corrected chi connectivity index (χ2v) is 17.5. The first-order valence-electron chi connectivity index (χ1n) is 23.3. The Morgan fingerprint density at radius 1 is 0.304 bits per heavy atom. The molecule has 0 aliphatic rings. The van der Waals surface area contributed by atoms with Gasteiger partial charge in [0.15, 0.2) is 17.5 Å². The number of rotatable bonds is 7. The van der Waals surface area contributed by atoms with Gasteiger partial charge in [-0.05, 0) is 71.3 Å². The molecule has 0 N–H and O–H groups in total. The molecular formula is C63H39N5O. The van der Waals surface area contributed by atoms with E-state index in [1.165, 1.54) is 16.3 Å². The topological polar surface area (TPSA) is 61.7 Å². The van der Waals surface area contributed by atoms with Gasteiger partial charge in [0.05, 0.1) is 33.3 Å². The van der Waals surface area contributed by atoms with E-state index in [0.29, 0.717) is 17.5 Å². The van der Waals surface area contributed by atoms with E-state index in [-0.39, 0.29) is 0 Å². The largest absolute Gasteiger partial charge is 0.455 e. The van der Waals surface area contributed by atoms with Gasteiger partial charge in [0.25, 0.3) is 0 Å². The van der Waals surface area contributed by atoms with Crippen molar-refractivity contribution in [3.05, 3.63) is 237 Å². The fraction of sp³-hybridized carbons (Fsp3) is 0. The van der Waals surface area contributed by atoms with Crippen LogP contribution in [-0.2, 0) is 0 Å². The number of para-hydroxylation sites is 4. The molecule has 14 rings (SSSR count). The Morgan fingerprint density at radius 2 is 0.812 bits per heavy atom. The van der Waals surface area contributed by atoms with Gasteiger partial charge < -0.3 is 13.6 Å². The molecule has 6 heteroatoms. The summed E-state index contributed by atoms with van der Waals surface area (Å²) in [5.41, 5.74) is 14.8. The van der Waals surface area contributed by atoms with Gasteiger partial charge in [0.2, 0.25) is 0 Å². The Balaban J connectivity index is 1.13. The van der Waals surface area contributed by atoms with E-state index in [1.54, 1.807) is 0 Å². The number of hydrogen-bond acceptors (Lipinski definition) is 4. The molecule has 69 heavy (non-hydrogen) atoms. The highest BCUT2D eigenvalue weighted by Gasteiger charge is 2.26. The lowest BCUT2D eigenvalue weighted by atomic mass is 9.94.